The van der Waals surface area contributed by atoms with Crippen molar-refractivity contribution in [3.63, 3.8) is 0 Å². The molecule has 1 rings (SSSR count). The van der Waals surface area contributed by atoms with Gasteiger partial charge in [-0.2, -0.15) is 0 Å². The maximum Gasteiger partial charge on any atom is 0.251 e. The zero-order valence-corrected chi connectivity index (χ0v) is 11.7. The highest BCUT2D eigenvalue weighted by Gasteiger charge is 2.13. The molecule has 0 heterocycles. The predicted molar refractivity (Wildman–Crippen MR) is 77.0 cm³/mol. The molecule has 0 spiro atoms. The Morgan fingerprint density at radius 2 is 2.15 bits per heavy atom. The lowest BCUT2D eigenvalue weighted by atomic mass is 10.1. The van der Waals surface area contributed by atoms with E-state index in [4.69, 9.17) is 14.6 Å². The molecule has 1 aromatic carbocycles. The van der Waals surface area contributed by atoms with Gasteiger partial charge in [-0.15, -0.1) is 0 Å². The Morgan fingerprint density at radius 3 is 2.70 bits per heavy atom. The standard InChI is InChI=1S/C15H21NO4/c1-3-10-20-14-6-4-12(5-7-14)15(18)16-13(8-9-17)11-19-2/h3-7,13,17H,1,8-11H2,2H3,(H,16,18). The summed E-state index contributed by atoms with van der Waals surface area (Å²) in [5.41, 5.74) is 0.537. The van der Waals surface area contributed by atoms with Crippen LogP contribution in [-0.4, -0.2) is 44.0 Å². The van der Waals surface area contributed by atoms with Gasteiger partial charge in [-0.05, 0) is 30.7 Å². The third-order valence-corrected chi connectivity index (χ3v) is 2.66. The van der Waals surface area contributed by atoms with E-state index in [0.29, 0.717) is 30.9 Å². The van der Waals surface area contributed by atoms with E-state index in [1.54, 1.807) is 37.5 Å². The average Bonchev–Trinajstić information content (AvgIpc) is 2.46. The third-order valence-electron chi connectivity index (χ3n) is 2.66. The van der Waals surface area contributed by atoms with Gasteiger partial charge in [0.1, 0.15) is 12.4 Å². The lowest BCUT2D eigenvalue weighted by molar-refractivity contribution is 0.0878. The number of carbonyl (C=O) groups is 1. The van der Waals surface area contributed by atoms with Crippen LogP contribution in [0.1, 0.15) is 16.8 Å². The van der Waals surface area contributed by atoms with Crippen LogP contribution in [0.5, 0.6) is 5.75 Å². The van der Waals surface area contributed by atoms with E-state index in [1.165, 1.54) is 0 Å². The third kappa shape index (κ3) is 5.42. The fraction of sp³-hybridized carbons (Fsp3) is 0.400. The van der Waals surface area contributed by atoms with Crippen molar-refractivity contribution in [2.45, 2.75) is 12.5 Å². The number of amides is 1. The molecule has 0 bridgehead atoms. The van der Waals surface area contributed by atoms with Crippen molar-refractivity contribution in [2.75, 3.05) is 26.9 Å². The topological polar surface area (TPSA) is 67.8 Å². The number of benzene rings is 1. The molecule has 0 radical (unpaired) electrons. The SMILES string of the molecule is C=CCOc1ccc(C(=O)NC(CCO)COC)cc1. The highest BCUT2D eigenvalue weighted by Crippen LogP contribution is 2.12. The van der Waals surface area contributed by atoms with Gasteiger partial charge in [-0.3, -0.25) is 4.79 Å². The second-order valence-electron chi connectivity index (χ2n) is 4.26. The van der Waals surface area contributed by atoms with Crippen LogP contribution >= 0.6 is 0 Å². The van der Waals surface area contributed by atoms with E-state index < -0.39 is 0 Å². The fourth-order valence-corrected chi connectivity index (χ4v) is 1.68. The van der Waals surface area contributed by atoms with Crippen molar-refractivity contribution in [3.05, 3.63) is 42.5 Å². The number of ether oxygens (including phenoxy) is 2. The monoisotopic (exact) mass is 279 g/mol. The number of nitrogens with one attached hydrogen (secondary N) is 1. The molecule has 110 valence electrons. The molecule has 1 aromatic rings. The summed E-state index contributed by atoms with van der Waals surface area (Å²) in [6.45, 7) is 4.37. The molecule has 1 unspecified atom stereocenters. The summed E-state index contributed by atoms with van der Waals surface area (Å²) in [6.07, 6.45) is 2.12. The highest BCUT2D eigenvalue weighted by atomic mass is 16.5. The summed E-state index contributed by atoms with van der Waals surface area (Å²) in [6, 6.07) is 6.65. The number of hydrogen-bond acceptors (Lipinski definition) is 4. The minimum Gasteiger partial charge on any atom is -0.490 e. The Balaban J connectivity index is 2.59. The zero-order valence-electron chi connectivity index (χ0n) is 11.7. The van der Waals surface area contributed by atoms with Crippen LogP contribution in [0.2, 0.25) is 0 Å². The second kappa shape index (κ2) is 9.12. The van der Waals surface area contributed by atoms with Gasteiger partial charge < -0.3 is 19.9 Å². The number of rotatable bonds is 9. The second-order valence-corrected chi connectivity index (χ2v) is 4.26. The smallest absolute Gasteiger partial charge is 0.251 e. The van der Waals surface area contributed by atoms with Gasteiger partial charge in [-0.25, -0.2) is 0 Å². The first-order valence-corrected chi connectivity index (χ1v) is 6.45. The first kappa shape index (κ1) is 16.2. The van der Waals surface area contributed by atoms with Gasteiger partial charge in [0.25, 0.3) is 5.91 Å². The van der Waals surface area contributed by atoms with Crippen LogP contribution < -0.4 is 10.1 Å². The Hall–Kier alpha value is -1.85. The normalized spacial score (nSPS) is 11.7. The van der Waals surface area contributed by atoms with E-state index in [1.807, 2.05) is 0 Å². The summed E-state index contributed by atoms with van der Waals surface area (Å²) in [5, 5.41) is 11.8. The quantitative estimate of drug-likeness (QED) is 0.670. The van der Waals surface area contributed by atoms with Crippen LogP contribution in [0.4, 0.5) is 0 Å². The Bertz CT molecular complexity index is 410. The van der Waals surface area contributed by atoms with Crippen molar-refractivity contribution in [3.8, 4) is 5.75 Å². The zero-order chi connectivity index (χ0) is 14.8. The molecule has 1 atom stereocenters. The lowest BCUT2D eigenvalue weighted by Crippen LogP contribution is -2.38. The number of methoxy groups -OCH3 is 1. The number of aliphatic hydroxyl groups excluding tert-OH is 1. The van der Waals surface area contributed by atoms with E-state index in [2.05, 4.69) is 11.9 Å². The van der Waals surface area contributed by atoms with Gasteiger partial charge in [0.05, 0.1) is 12.6 Å². The summed E-state index contributed by atoms with van der Waals surface area (Å²) in [5.74, 6) is 0.487. The van der Waals surface area contributed by atoms with Gasteiger partial charge in [0.15, 0.2) is 0 Å². The molecule has 1 amide bonds. The maximum atomic E-state index is 12.0. The molecule has 5 heteroatoms. The molecule has 0 fully saturated rings. The Kier molecular flexibility index (Phi) is 7.39. The predicted octanol–water partition coefficient (Wildman–Crippen LogP) is 1.38. The molecule has 20 heavy (non-hydrogen) atoms. The molecular formula is C15H21NO4. The van der Waals surface area contributed by atoms with E-state index in [-0.39, 0.29) is 18.6 Å². The first-order chi connectivity index (χ1) is 9.71. The fourth-order valence-electron chi connectivity index (χ4n) is 1.68. The van der Waals surface area contributed by atoms with Crippen LogP contribution in [0.25, 0.3) is 0 Å². The molecule has 0 aliphatic carbocycles. The molecule has 0 saturated heterocycles. The molecular weight excluding hydrogens is 258 g/mol. The van der Waals surface area contributed by atoms with E-state index >= 15 is 0 Å². The molecule has 0 aromatic heterocycles. The summed E-state index contributed by atoms with van der Waals surface area (Å²) >= 11 is 0. The molecule has 0 aliphatic rings. The van der Waals surface area contributed by atoms with Crippen LogP contribution in [0.15, 0.2) is 36.9 Å². The van der Waals surface area contributed by atoms with Crippen molar-refractivity contribution >= 4 is 5.91 Å². The number of aliphatic hydroxyl groups is 1. The van der Waals surface area contributed by atoms with Crippen LogP contribution in [-0.2, 0) is 4.74 Å². The van der Waals surface area contributed by atoms with Crippen molar-refractivity contribution < 1.29 is 19.4 Å². The molecule has 5 nitrogen and oxygen atoms in total. The van der Waals surface area contributed by atoms with Gasteiger partial charge >= 0.3 is 0 Å². The molecule has 2 N–H and O–H groups in total. The van der Waals surface area contributed by atoms with Crippen LogP contribution in [0.3, 0.4) is 0 Å². The highest BCUT2D eigenvalue weighted by molar-refractivity contribution is 5.94. The number of carbonyl (C=O) groups excluding carboxylic acids is 1. The maximum absolute atomic E-state index is 12.0. The average molecular weight is 279 g/mol. The van der Waals surface area contributed by atoms with Crippen molar-refractivity contribution in [2.24, 2.45) is 0 Å². The van der Waals surface area contributed by atoms with E-state index in [9.17, 15) is 4.79 Å². The van der Waals surface area contributed by atoms with Crippen LogP contribution in [0, 0.1) is 0 Å². The summed E-state index contributed by atoms with van der Waals surface area (Å²) < 4.78 is 10.3. The minimum absolute atomic E-state index is 0.00262. The van der Waals surface area contributed by atoms with Gasteiger partial charge in [-0.1, -0.05) is 12.7 Å². The van der Waals surface area contributed by atoms with E-state index in [0.717, 1.165) is 0 Å². The Morgan fingerprint density at radius 1 is 1.45 bits per heavy atom. The summed E-state index contributed by atoms with van der Waals surface area (Å²) in [7, 11) is 1.56. The van der Waals surface area contributed by atoms with Gasteiger partial charge in [0, 0.05) is 19.3 Å². The molecule has 0 saturated carbocycles. The first-order valence-electron chi connectivity index (χ1n) is 6.45. The minimum atomic E-state index is -0.200. The van der Waals surface area contributed by atoms with Gasteiger partial charge in [0.2, 0.25) is 0 Å². The summed E-state index contributed by atoms with van der Waals surface area (Å²) in [4.78, 5) is 12.0. The number of hydrogen-bond donors (Lipinski definition) is 2. The lowest BCUT2D eigenvalue weighted by Gasteiger charge is -2.16. The largest absolute Gasteiger partial charge is 0.490 e. The van der Waals surface area contributed by atoms with Crippen molar-refractivity contribution in [1.82, 2.24) is 5.32 Å². The molecule has 0 aliphatic heterocycles. The Labute approximate surface area is 119 Å². The van der Waals surface area contributed by atoms with Crippen molar-refractivity contribution in [1.29, 1.82) is 0 Å².